The SMILES string of the molecule is CC[C@H](C)[C@H](O)C(=O)N[C@@H](CC(C)C)C(=O)N[C@@H](Cc1ccccc1)[C@@H](O)C[C@@H](CC(C)C)C(=O)N[C@H](C(=O)NCc1ccncc1)C(C)C. The first-order chi connectivity index (χ1) is 23.6. The van der Waals surface area contributed by atoms with Gasteiger partial charge in [-0.25, -0.2) is 0 Å². The van der Waals surface area contributed by atoms with Gasteiger partial charge >= 0.3 is 0 Å². The molecule has 2 rings (SSSR count). The smallest absolute Gasteiger partial charge is 0.249 e. The topological polar surface area (TPSA) is 170 Å². The van der Waals surface area contributed by atoms with Gasteiger partial charge in [0, 0.05) is 24.9 Å². The highest BCUT2D eigenvalue weighted by molar-refractivity contribution is 5.90. The summed E-state index contributed by atoms with van der Waals surface area (Å²) >= 11 is 0. The summed E-state index contributed by atoms with van der Waals surface area (Å²) in [6, 6.07) is 10.5. The largest absolute Gasteiger partial charge is 0.391 e. The van der Waals surface area contributed by atoms with E-state index in [2.05, 4.69) is 26.3 Å². The Morgan fingerprint density at radius 3 is 1.88 bits per heavy atom. The number of hydrogen-bond acceptors (Lipinski definition) is 7. The zero-order valence-electron chi connectivity index (χ0n) is 31.2. The number of nitrogens with one attached hydrogen (secondary N) is 4. The Morgan fingerprint density at radius 2 is 1.32 bits per heavy atom. The van der Waals surface area contributed by atoms with E-state index in [1.807, 2.05) is 90.9 Å². The second-order valence-electron chi connectivity index (χ2n) is 14.8. The van der Waals surface area contributed by atoms with Crippen LogP contribution in [0.1, 0.15) is 92.2 Å². The molecule has 0 bridgehead atoms. The van der Waals surface area contributed by atoms with Crippen LogP contribution in [0.3, 0.4) is 0 Å². The van der Waals surface area contributed by atoms with E-state index in [9.17, 15) is 29.4 Å². The quantitative estimate of drug-likeness (QED) is 0.115. The summed E-state index contributed by atoms with van der Waals surface area (Å²) < 4.78 is 0. The maximum atomic E-state index is 13.8. The normalized spacial score (nSPS) is 15.8. The molecule has 1 heterocycles. The van der Waals surface area contributed by atoms with Crippen molar-refractivity contribution in [3.05, 3.63) is 66.0 Å². The van der Waals surface area contributed by atoms with E-state index in [1.54, 1.807) is 19.3 Å². The minimum absolute atomic E-state index is 0.0409. The van der Waals surface area contributed by atoms with Crippen molar-refractivity contribution >= 4 is 23.6 Å². The second kappa shape index (κ2) is 21.4. The van der Waals surface area contributed by atoms with Gasteiger partial charge in [-0.15, -0.1) is 0 Å². The van der Waals surface area contributed by atoms with Gasteiger partial charge in [0.1, 0.15) is 18.2 Å². The molecular formula is C39H61N5O6. The van der Waals surface area contributed by atoms with Crippen molar-refractivity contribution in [1.29, 1.82) is 0 Å². The molecule has 50 heavy (non-hydrogen) atoms. The fourth-order valence-corrected chi connectivity index (χ4v) is 5.82. The Hall–Kier alpha value is -3.83. The van der Waals surface area contributed by atoms with Gasteiger partial charge in [-0.1, -0.05) is 92.1 Å². The molecule has 0 spiro atoms. The monoisotopic (exact) mass is 695 g/mol. The highest BCUT2D eigenvalue weighted by Gasteiger charge is 2.34. The number of pyridine rings is 1. The lowest BCUT2D eigenvalue weighted by Gasteiger charge is -2.31. The minimum Gasteiger partial charge on any atom is -0.391 e. The molecule has 11 nitrogen and oxygen atoms in total. The number of nitrogens with zero attached hydrogens (tertiary/aromatic N) is 1. The molecule has 1 aromatic heterocycles. The molecule has 2 aromatic rings. The molecule has 0 saturated heterocycles. The molecule has 0 aliphatic heterocycles. The van der Waals surface area contributed by atoms with Crippen LogP contribution in [0.2, 0.25) is 0 Å². The van der Waals surface area contributed by atoms with Crippen molar-refractivity contribution in [2.75, 3.05) is 0 Å². The summed E-state index contributed by atoms with van der Waals surface area (Å²) in [6.07, 6.45) is 2.63. The number of rotatable bonds is 21. The van der Waals surface area contributed by atoms with E-state index in [-0.39, 0.29) is 48.3 Å². The Bertz CT molecular complexity index is 1320. The van der Waals surface area contributed by atoms with Crippen molar-refractivity contribution in [3.8, 4) is 0 Å². The van der Waals surface area contributed by atoms with Crippen LogP contribution in [0.5, 0.6) is 0 Å². The van der Waals surface area contributed by atoms with Gasteiger partial charge in [0.2, 0.25) is 23.6 Å². The number of aliphatic hydroxyl groups is 2. The Labute approximate surface area is 298 Å². The third kappa shape index (κ3) is 14.6. The first-order valence-electron chi connectivity index (χ1n) is 18.1. The van der Waals surface area contributed by atoms with Crippen LogP contribution in [-0.4, -0.2) is 69.2 Å². The van der Waals surface area contributed by atoms with E-state index < -0.39 is 48.1 Å². The molecule has 0 aliphatic rings. The lowest BCUT2D eigenvalue weighted by Crippen LogP contribution is -2.56. The Kier molecular flexibility index (Phi) is 18.1. The number of hydrogen-bond donors (Lipinski definition) is 6. The number of amides is 4. The lowest BCUT2D eigenvalue weighted by molar-refractivity contribution is -0.136. The van der Waals surface area contributed by atoms with Crippen LogP contribution in [0, 0.1) is 29.6 Å². The average Bonchev–Trinajstić information content (AvgIpc) is 3.08. The van der Waals surface area contributed by atoms with Crippen LogP contribution < -0.4 is 21.3 Å². The predicted octanol–water partition coefficient (Wildman–Crippen LogP) is 3.92. The first-order valence-corrected chi connectivity index (χ1v) is 18.1. The third-order valence-corrected chi connectivity index (χ3v) is 9.00. The Morgan fingerprint density at radius 1 is 0.700 bits per heavy atom. The molecule has 0 saturated carbocycles. The fourth-order valence-electron chi connectivity index (χ4n) is 5.82. The van der Waals surface area contributed by atoms with Gasteiger partial charge in [0.25, 0.3) is 0 Å². The van der Waals surface area contributed by atoms with Gasteiger partial charge in [-0.3, -0.25) is 24.2 Å². The van der Waals surface area contributed by atoms with Crippen molar-refractivity contribution in [1.82, 2.24) is 26.3 Å². The van der Waals surface area contributed by atoms with Crippen LogP contribution in [-0.2, 0) is 32.1 Å². The lowest BCUT2D eigenvalue weighted by atomic mass is 9.87. The van der Waals surface area contributed by atoms with Crippen LogP contribution in [0.25, 0.3) is 0 Å². The zero-order chi connectivity index (χ0) is 37.4. The number of aromatic nitrogens is 1. The van der Waals surface area contributed by atoms with Crippen LogP contribution in [0.4, 0.5) is 0 Å². The van der Waals surface area contributed by atoms with Gasteiger partial charge in [-0.05, 0) is 72.6 Å². The van der Waals surface area contributed by atoms with Crippen molar-refractivity contribution in [2.45, 2.75) is 124 Å². The van der Waals surface area contributed by atoms with Gasteiger partial charge in [-0.2, -0.15) is 0 Å². The first kappa shape index (κ1) is 42.3. The predicted molar refractivity (Wildman–Crippen MR) is 195 cm³/mol. The summed E-state index contributed by atoms with van der Waals surface area (Å²) in [5, 5.41) is 33.8. The highest BCUT2D eigenvalue weighted by atomic mass is 16.3. The number of carbonyl (C=O) groups excluding carboxylic acids is 4. The number of benzene rings is 1. The molecular weight excluding hydrogens is 634 g/mol. The highest BCUT2D eigenvalue weighted by Crippen LogP contribution is 2.22. The Balaban J connectivity index is 2.29. The summed E-state index contributed by atoms with van der Waals surface area (Å²) in [7, 11) is 0. The molecule has 0 fully saturated rings. The zero-order valence-corrected chi connectivity index (χ0v) is 31.2. The molecule has 6 N–H and O–H groups in total. The second-order valence-corrected chi connectivity index (χ2v) is 14.8. The van der Waals surface area contributed by atoms with E-state index in [0.29, 0.717) is 25.8 Å². The van der Waals surface area contributed by atoms with E-state index >= 15 is 0 Å². The van der Waals surface area contributed by atoms with E-state index in [0.717, 1.165) is 11.1 Å². The molecule has 1 aromatic carbocycles. The molecule has 7 atom stereocenters. The maximum Gasteiger partial charge on any atom is 0.249 e. The van der Waals surface area contributed by atoms with Crippen LogP contribution >= 0.6 is 0 Å². The molecule has 11 heteroatoms. The molecule has 278 valence electrons. The molecule has 4 amide bonds. The van der Waals surface area contributed by atoms with Crippen molar-refractivity contribution in [3.63, 3.8) is 0 Å². The molecule has 0 radical (unpaired) electrons. The van der Waals surface area contributed by atoms with Gasteiger partial charge in [0.05, 0.1) is 12.1 Å². The van der Waals surface area contributed by atoms with E-state index in [1.165, 1.54) is 0 Å². The molecule has 0 unspecified atom stereocenters. The van der Waals surface area contributed by atoms with Crippen LogP contribution in [0.15, 0.2) is 54.9 Å². The van der Waals surface area contributed by atoms with Gasteiger partial charge in [0.15, 0.2) is 0 Å². The maximum absolute atomic E-state index is 13.8. The van der Waals surface area contributed by atoms with Crippen molar-refractivity contribution < 1.29 is 29.4 Å². The average molecular weight is 696 g/mol. The fraction of sp³-hybridized carbons (Fsp3) is 0.615. The van der Waals surface area contributed by atoms with E-state index in [4.69, 9.17) is 0 Å². The number of carbonyl (C=O) groups is 4. The number of aliphatic hydroxyl groups excluding tert-OH is 2. The minimum atomic E-state index is -1.25. The summed E-state index contributed by atoms with van der Waals surface area (Å²) in [6.45, 7) is 15.5. The summed E-state index contributed by atoms with van der Waals surface area (Å²) in [5.41, 5.74) is 1.76. The van der Waals surface area contributed by atoms with Gasteiger partial charge < -0.3 is 31.5 Å². The van der Waals surface area contributed by atoms with Crippen molar-refractivity contribution in [2.24, 2.45) is 29.6 Å². The standard InChI is InChI=1S/C39H61N5O6/c1-9-27(8)35(46)39(50)43-32(20-25(4)5)37(48)42-31(21-28-13-11-10-12-14-28)33(45)22-30(19-24(2)3)36(47)44-34(26(6)7)38(49)41-23-29-15-17-40-18-16-29/h10-18,24-27,30-35,45-46H,9,19-23H2,1-8H3,(H,41,49)(H,42,48)(H,43,50)(H,44,47)/t27-,30+,31-,32-,33-,34-,35-/m0/s1. The molecule has 0 aliphatic carbocycles. The third-order valence-electron chi connectivity index (χ3n) is 9.00. The summed E-state index contributed by atoms with van der Waals surface area (Å²) in [4.78, 5) is 57.8. The summed E-state index contributed by atoms with van der Waals surface area (Å²) in [5.74, 6) is -2.69.